The van der Waals surface area contributed by atoms with Crippen molar-refractivity contribution in [3.05, 3.63) is 53.5 Å². The molecule has 1 fully saturated rings. The molecule has 21 heavy (non-hydrogen) atoms. The van der Waals surface area contributed by atoms with Crippen LogP contribution in [0.25, 0.3) is 0 Å². The predicted octanol–water partition coefficient (Wildman–Crippen LogP) is 3.74. The molecule has 1 aromatic heterocycles. The third-order valence-corrected chi connectivity index (χ3v) is 3.97. The van der Waals surface area contributed by atoms with Gasteiger partial charge in [-0.3, -0.25) is 0 Å². The Morgan fingerprint density at radius 1 is 1.24 bits per heavy atom. The van der Waals surface area contributed by atoms with Crippen LogP contribution in [0.1, 0.15) is 24.0 Å². The first kappa shape index (κ1) is 13.9. The Bertz CT molecular complexity index is 621. The second-order valence-corrected chi connectivity index (χ2v) is 5.49. The maximum absolute atomic E-state index is 13.3. The molecule has 1 aliphatic heterocycles. The molecule has 0 unspecified atom stereocenters. The van der Waals surface area contributed by atoms with Crippen molar-refractivity contribution in [2.24, 2.45) is 0 Å². The molecule has 110 valence electrons. The lowest BCUT2D eigenvalue weighted by atomic mass is 10.1. The van der Waals surface area contributed by atoms with Crippen LogP contribution in [0.3, 0.4) is 0 Å². The molecule has 0 aliphatic carbocycles. The van der Waals surface area contributed by atoms with Crippen LogP contribution in [0.4, 0.5) is 15.9 Å². The molecule has 3 nitrogen and oxygen atoms in total. The van der Waals surface area contributed by atoms with Crippen molar-refractivity contribution < 1.29 is 4.39 Å². The number of hydrogen-bond acceptors (Lipinski definition) is 3. The number of hydrogen-bond donors (Lipinski definition) is 1. The zero-order chi connectivity index (χ0) is 14.7. The van der Waals surface area contributed by atoms with Crippen LogP contribution in [-0.2, 0) is 6.54 Å². The second-order valence-electron chi connectivity index (χ2n) is 5.49. The van der Waals surface area contributed by atoms with Gasteiger partial charge < -0.3 is 10.2 Å². The van der Waals surface area contributed by atoms with Gasteiger partial charge in [-0.05, 0) is 55.2 Å². The van der Waals surface area contributed by atoms with Crippen LogP contribution < -0.4 is 10.2 Å². The van der Waals surface area contributed by atoms with Crippen molar-refractivity contribution in [1.82, 2.24) is 4.98 Å². The van der Waals surface area contributed by atoms with Gasteiger partial charge in [0, 0.05) is 25.8 Å². The van der Waals surface area contributed by atoms with Crippen LogP contribution in [0.5, 0.6) is 0 Å². The Hall–Kier alpha value is -2.10. The monoisotopic (exact) mass is 285 g/mol. The number of halogens is 1. The smallest absolute Gasteiger partial charge is 0.151 e. The summed E-state index contributed by atoms with van der Waals surface area (Å²) < 4.78 is 13.3. The van der Waals surface area contributed by atoms with Crippen LogP contribution in [0.2, 0.25) is 0 Å². The van der Waals surface area contributed by atoms with E-state index in [1.165, 1.54) is 18.9 Å². The second kappa shape index (κ2) is 6.12. The minimum absolute atomic E-state index is 0.191. The summed E-state index contributed by atoms with van der Waals surface area (Å²) in [7, 11) is 0. The van der Waals surface area contributed by atoms with Gasteiger partial charge in [0.05, 0.1) is 5.69 Å². The van der Waals surface area contributed by atoms with Crippen LogP contribution in [0.15, 0.2) is 36.5 Å². The first-order chi connectivity index (χ1) is 10.2. The maximum atomic E-state index is 13.3. The van der Waals surface area contributed by atoms with E-state index in [0.29, 0.717) is 6.54 Å². The summed E-state index contributed by atoms with van der Waals surface area (Å²) >= 11 is 0. The van der Waals surface area contributed by atoms with Gasteiger partial charge >= 0.3 is 0 Å². The molecule has 2 aromatic rings. The standard InChI is InChI=1S/C17H20FN3/c1-13-6-7-15(18)11-14(13)12-20-16-5-4-8-19-17(16)21-9-2-3-10-21/h4-8,11,20H,2-3,9-10,12H2,1H3. The fourth-order valence-corrected chi connectivity index (χ4v) is 2.74. The van der Waals surface area contributed by atoms with Gasteiger partial charge in [-0.2, -0.15) is 0 Å². The van der Waals surface area contributed by atoms with E-state index < -0.39 is 0 Å². The Balaban J connectivity index is 1.77. The Morgan fingerprint density at radius 2 is 2.05 bits per heavy atom. The lowest BCUT2D eigenvalue weighted by Gasteiger charge is -2.20. The first-order valence-corrected chi connectivity index (χ1v) is 7.43. The quantitative estimate of drug-likeness (QED) is 0.927. The number of pyridine rings is 1. The maximum Gasteiger partial charge on any atom is 0.151 e. The number of aryl methyl sites for hydroxylation is 1. The summed E-state index contributed by atoms with van der Waals surface area (Å²) in [5, 5.41) is 3.40. The topological polar surface area (TPSA) is 28.2 Å². The molecule has 1 aromatic carbocycles. The molecule has 0 saturated carbocycles. The van der Waals surface area contributed by atoms with E-state index >= 15 is 0 Å². The Kier molecular flexibility index (Phi) is 4.04. The van der Waals surface area contributed by atoms with E-state index in [1.54, 1.807) is 6.07 Å². The normalized spacial score (nSPS) is 14.5. The highest BCUT2D eigenvalue weighted by atomic mass is 19.1. The number of nitrogens with one attached hydrogen (secondary N) is 1. The lowest BCUT2D eigenvalue weighted by Crippen LogP contribution is -2.20. The molecule has 1 N–H and O–H groups in total. The highest BCUT2D eigenvalue weighted by Crippen LogP contribution is 2.26. The molecule has 4 heteroatoms. The highest BCUT2D eigenvalue weighted by molar-refractivity contribution is 5.65. The van der Waals surface area contributed by atoms with Crippen molar-refractivity contribution in [3.8, 4) is 0 Å². The van der Waals surface area contributed by atoms with Gasteiger partial charge in [0.2, 0.25) is 0 Å². The summed E-state index contributed by atoms with van der Waals surface area (Å²) in [5.41, 5.74) is 3.09. The van der Waals surface area contributed by atoms with Crippen molar-refractivity contribution in [1.29, 1.82) is 0 Å². The molecular weight excluding hydrogens is 265 g/mol. The van der Waals surface area contributed by atoms with E-state index in [9.17, 15) is 4.39 Å². The molecule has 2 heterocycles. The molecule has 0 radical (unpaired) electrons. The fourth-order valence-electron chi connectivity index (χ4n) is 2.74. The van der Waals surface area contributed by atoms with Gasteiger partial charge in [-0.15, -0.1) is 0 Å². The Labute approximate surface area is 124 Å². The third kappa shape index (κ3) is 3.15. The average Bonchev–Trinajstić information content (AvgIpc) is 3.03. The van der Waals surface area contributed by atoms with E-state index in [-0.39, 0.29) is 5.82 Å². The average molecular weight is 285 g/mol. The number of benzene rings is 1. The number of aromatic nitrogens is 1. The summed E-state index contributed by atoms with van der Waals surface area (Å²) in [4.78, 5) is 6.81. The molecule has 1 aliphatic rings. The zero-order valence-corrected chi connectivity index (χ0v) is 12.3. The fraction of sp³-hybridized carbons (Fsp3) is 0.353. The van der Waals surface area contributed by atoms with Gasteiger partial charge in [0.1, 0.15) is 5.82 Å². The van der Waals surface area contributed by atoms with E-state index in [1.807, 2.05) is 31.3 Å². The number of nitrogens with zero attached hydrogens (tertiary/aromatic N) is 2. The molecular formula is C17H20FN3. The van der Waals surface area contributed by atoms with Crippen molar-refractivity contribution in [2.75, 3.05) is 23.3 Å². The summed E-state index contributed by atoms with van der Waals surface area (Å²) in [6.07, 6.45) is 4.27. The molecule has 0 spiro atoms. The van der Waals surface area contributed by atoms with Crippen LogP contribution in [-0.4, -0.2) is 18.1 Å². The van der Waals surface area contributed by atoms with E-state index in [2.05, 4.69) is 15.2 Å². The minimum Gasteiger partial charge on any atom is -0.378 e. The largest absolute Gasteiger partial charge is 0.378 e. The minimum atomic E-state index is -0.191. The van der Waals surface area contributed by atoms with E-state index in [4.69, 9.17) is 0 Å². The Morgan fingerprint density at radius 3 is 2.86 bits per heavy atom. The van der Waals surface area contributed by atoms with E-state index in [0.717, 1.165) is 35.7 Å². The zero-order valence-electron chi connectivity index (χ0n) is 12.3. The molecule has 1 saturated heterocycles. The van der Waals surface area contributed by atoms with Crippen LogP contribution >= 0.6 is 0 Å². The number of anilines is 2. The molecule has 0 atom stereocenters. The SMILES string of the molecule is Cc1ccc(F)cc1CNc1cccnc1N1CCCC1. The van der Waals surface area contributed by atoms with Gasteiger partial charge in [-0.1, -0.05) is 6.07 Å². The highest BCUT2D eigenvalue weighted by Gasteiger charge is 2.16. The first-order valence-electron chi connectivity index (χ1n) is 7.43. The van der Waals surface area contributed by atoms with Gasteiger partial charge in [0.25, 0.3) is 0 Å². The molecule has 3 rings (SSSR count). The lowest BCUT2D eigenvalue weighted by molar-refractivity contribution is 0.625. The summed E-state index contributed by atoms with van der Waals surface area (Å²) in [5.74, 6) is 0.812. The van der Waals surface area contributed by atoms with Gasteiger partial charge in [-0.25, -0.2) is 9.37 Å². The molecule has 0 bridgehead atoms. The summed E-state index contributed by atoms with van der Waals surface area (Å²) in [6, 6.07) is 8.87. The van der Waals surface area contributed by atoms with Crippen LogP contribution in [0, 0.1) is 12.7 Å². The van der Waals surface area contributed by atoms with Crippen molar-refractivity contribution >= 4 is 11.5 Å². The third-order valence-electron chi connectivity index (χ3n) is 3.97. The van der Waals surface area contributed by atoms with Crippen molar-refractivity contribution in [3.63, 3.8) is 0 Å². The van der Waals surface area contributed by atoms with Crippen molar-refractivity contribution in [2.45, 2.75) is 26.3 Å². The number of rotatable bonds is 4. The molecule has 0 amide bonds. The van der Waals surface area contributed by atoms with Gasteiger partial charge in [0.15, 0.2) is 5.82 Å². The predicted molar refractivity (Wildman–Crippen MR) is 84.1 cm³/mol. The summed E-state index contributed by atoms with van der Waals surface area (Å²) in [6.45, 7) is 4.73.